The zero-order valence-corrected chi connectivity index (χ0v) is 10.4. The maximum atomic E-state index is 12.4. The van der Waals surface area contributed by atoms with Crippen LogP contribution in [0, 0.1) is 0 Å². The first kappa shape index (κ1) is 15.0. The predicted octanol–water partition coefficient (Wildman–Crippen LogP) is 2.17. The van der Waals surface area contributed by atoms with Crippen LogP contribution in [0.2, 0.25) is 0 Å². The second-order valence-electron chi connectivity index (χ2n) is 4.06. The largest absolute Gasteiger partial charge is 0.416 e. The van der Waals surface area contributed by atoms with Crippen molar-refractivity contribution in [2.45, 2.75) is 18.7 Å². The fourth-order valence-corrected chi connectivity index (χ4v) is 2.07. The van der Waals surface area contributed by atoms with Gasteiger partial charge in [0.25, 0.3) is 0 Å². The Morgan fingerprint density at radius 1 is 1.33 bits per heavy atom. The molecule has 1 rings (SSSR count). The summed E-state index contributed by atoms with van der Waals surface area (Å²) in [4.78, 5) is 0. The molecule has 0 aromatic heterocycles. The third kappa shape index (κ3) is 4.66. The van der Waals surface area contributed by atoms with Crippen molar-refractivity contribution < 1.29 is 26.7 Å². The molecule has 0 saturated carbocycles. The maximum Gasteiger partial charge on any atom is 0.416 e. The minimum Gasteiger partial charge on any atom is -0.388 e. The highest BCUT2D eigenvalue weighted by Crippen LogP contribution is 2.31. The number of alkyl halides is 3. The van der Waals surface area contributed by atoms with Crippen molar-refractivity contribution in [2.24, 2.45) is 0 Å². The Morgan fingerprint density at radius 3 is 2.44 bits per heavy atom. The molecule has 0 heterocycles. The van der Waals surface area contributed by atoms with E-state index in [1.165, 1.54) is 12.1 Å². The highest BCUT2D eigenvalue weighted by Gasteiger charge is 2.30. The zero-order chi connectivity index (χ0) is 14.0. The van der Waals surface area contributed by atoms with E-state index in [1.54, 1.807) is 0 Å². The number of benzene rings is 1. The lowest BCUT2D eigenvalue weighted by atomic mass is 10.0. The number of hydrogen-bond acceptors (Lipinski definition) is 3. The van der Waals surface area contributed by atoms with E-state index in [0.29, 0.717) is 0 Å². The summed E-state index contributed by atoms with van der Waals surface area (Å²) in [6, 6.07) is 4.24. The van der Waals surface area contributed by atoms with Gasteiger partial charge in [0.1, 0.15) is 9.84 Å². The van der Waals surface area contributed by atoms with Gasteiger partial charge in [-0.15, -0.1) is 0 Å². The smallest absolute Gasteiger partial charge is 0.388 e. The van der Waals surface area contributed by atoms with E-state index in [0.717, 1.165) is 18.4 Å². The van der Waals surface area contributed by atoms with Crippen LogP contribution in [0.15, 0.2) is 24.3 Å². The van der Waals surface area contributed by atoms with Gasteiger partial charge in [-0.25, -0.2) is 8.42 Å². The van der Waals surface area contributed by atoms with Crippen molar-refractivity contribution in [3.05, 3.63) is 35.4 Å². The van der Waals surface area contributed by atoms with E-state index in [-0.39, 0.29) is 17.7 Å². The van der Waals surface area contributed by atoms with Crippen LogP contribution in [0.3, 0.4) is 0 Å². The van der Waals surface area contributed by atoms with E-state index in [2.05, 4.69) is 0 Å². The maximum absolute atomic E-state index is 12.4. The molecule has 0 amide bonds. The molecule has 102 valence electrons. The van der Waals surface area contributed by atoms with Gasteiger partial charge in [-0.2, -0.15) is 13.2 Å². The number of rotatable bonds is 4. The Labute approximate surface area is 103 Å². The van der Waals surface area contributed by atoms with E-state index in [4.69, 9.17) is 0 Å². The van der Waals surface area contributed by atoms with Crippen LogP contribution in [-0.4, -0.2) is 25.5 Å². The Kier molecular flexibility index (Phi) is 4.39. The summed E-state index contributed by atoms with van der Waals surface area (Å²) >= 11 is 0. The van der Waals surface area contributed by atoms with Crippen LogP contribution in [0.1, 0.15) is 23.7 Å². The first-order chi connectivity index (χ1) is 8.09. The number of sulfone groups is 1. The van der Waals surface area contributed by atoms with Crippen molar-refractivity contribution in [1.29, 1.82) is 0 Å². The van der Waals surface area contributed by atoms with Crippen LogP contribution in [0.25, 0.3) is 0 Å². The lowest BCUT2D eigenvalue weighted by molar-refractivity contribution is -0.137. The number of aliphatic hydroxyl groups excluding tert-OH is 1. The van der Waals surface area contributed by atoms with Gasteiger partial charge in [0.05, 0.1) is 17.4 Å². The molecule has 0 saturated heterocycles. The average Bonchev–Trinajstić information content (AvgIpc) is 2.24. The van der Waals surface area contributed by atoms with Gasteiger partial charge in [0.2, 0.25) is 0 Å². The molecule has 0 aliphatic rings. The summed E-state index contributed by atoms with van der Waals surface area (Å²) in [5.74, 6) is -0.273. The minimum atomic E-state index is -4.48. The van der Waals surface area contributed by atoms with Gasteiger partial charge in [0, 0.05) is 6.26 Å². The average molecular weight is 282 g/mol. The van der Waals surface area contributed by atoms with Gasteiger partial charge in [0.15, 0.2) is 0 Å². The molecule has 1 N–H and O–H groups in total. The molecule has 3 nitrogen and oxygen atoms in total. The van der Waals surface area contributed by atoms with Gasteiger partial charge in [-0.05, 0) is 24.1 Å². The number of hydrogen-bond donors (Lipinski definition) is 1. The fourth-order valence-electron chi connectivity index (χ4n) is 1.41. The van der Waals surface area contributed by atoms with Crippen LogP contribution in [0.5, 0.6) is 0 Å². The molecule has 0 aliphatic heterocycles. The molecule has 1 aromatic carbocycles. The molecular formula is C11H13F3O3S. The predicted molar refractivity (Wildman–Crippen MR) is 60.7 cm³/mol. The molecule has 0 bridgehead atoms. The Balaban J connectivity index is 2.84. The zero-order valence-electron chi connectivity index (χ0n) is 9.61. The van der Waals surface area contributed by atoms with E-state index >= 15 is 0 Å². The van der Waals surface area contributed by atoms with Crippen molar-refractivity contribution in [3.8, 4) is 0 Å². The van der Waals surface area contributed by atoms with Crippen molar-refractivity contribution in [1.82, 2.24) is 0 Å². The number of halogens is 3. The van der Waals surface area contributed by atoms with Crippen LogP contribution >= 0.6 is 0 Å². The first-order valence-corrected chi connectivity index (χ1v) is 7.18. The van der Waals surface area contributed by atoms with E-state index in [1.807, 2.05) is 0 Å². The topological polar surface area (TPSA) is 54.4 Å². The molecule has 1 aromatic rings. The Morgan fingerprint density at radius 2 is 1.94 bits per heavy atom. The molecular weight excluding hydrogens is 269 g/mol. The molecule has 1 unspecified atom stereocenters. The number of aliphatic hydroxyl groups is 1. The van der Waals surface area contributed by atoms with Crippen LogP contribution < -0.4 is 0 Å². The van der Waals surface area contributed by atoms with Crippen LogP contribution in [0.4, 0.5) is 13.2 Å². The van der Waals surface area contributed by atoms with Gasteiger partial charge in [-0.1, -0.05) is 12.1 Å². The van der Waals surface area contributed by atoms with Crippen LogP contribution in [-0.2, 0) is 16.0 Å². The quantitative estimate of drug-likeness (QED) is 0.921. The molecule has 0 radical (unpaired) electrons. The SMILES string of the molecule is CS(=O)(=O)CCC(O)c1cccc(C(F)(F)F)c1. The lowest BCUT2D eigenvalue weighted by Crippen LogP contribution is -2.10. The summed E-state index contributed by atoms with van der Waals surface area (Å²) < 4.78 is 59.1. The summed E-state index contributed by atoms with van der Waals surface area (Å²) in [5, 5.41) is 9.64. The van der Waals surface area contributed by atoms with Gasteiger partial charge in [-0.3, -0.25) is 0 Å². The van der Waals surface area contributed by atoms with E-state index in [9.17, 15) is 26.7 Å². The summed E-state index contributed by atoms with van der Waals surface area (Å²) in [5.41, 5.74) is -0.799. The third-order valence-electron chi connectivity index (χ3n) is 2.36. The highest BCUT2D eigenvalue weighted by molar-refractivity contribution is 7.90. The van der Waals surface area contributed by atoms with Crippen molar-refractivity contribution >= 4 is 9.84 Å². The standard InChI is InChI=1S/C11H13F3O3S/c1-18(16,17)6-5-10(15)8-3-2-4-9(7-8)11(12,13)14/h2-4,7,10,15H,5-6H2,1H3. The first-order valence-electron chi connectivity index (χ1n) is 5.12. The summed E-state index contributed by atoms with van der Waals surface area (Å²) in [7, 11) is -3.25. The summed E-state index contributed by atoms with van der Waals surface area (Å²) in [6.45, 7) is 0. The molecule has 18 heavy (non-hydrogen) atoms. The second-order valence-corrected chi connectivity index (χ2v) is 6.32. The van der Waals surface area contributed by atoms with E-state index < -0.39 is 27.7 Å². The van der Waals surface area contributed by atoms with Gasteiger partial charge < -0.3 is 5.11 Å². The summed E-state index contributed by atoms with van der Waals surface area (Å²) in [6.07, 6.45) is -4.82. The minimum absolute atomic E-state index is 0.0634. The Hall–Kier alpha value is -1.08. The molecule has 0 fully saturated rings. The highest BCUT2D eigenvalue weighted by atomic mass is 32.2. The Bertz CT molecular complexity index is 509. The lowest BCUT2D eigenvalue weighted by Gasteiger charge is -2.13. The molecule has 1 atom stereocenters. The molecule has 0 spiro atoms. The normalized spacial score (nSPS) is 14.5. The third-order valence-corrected chi connectivity index (χ3v) is 3.34. The van der Waals surface area contributed by atoms with Gasteiger partial charge >= 0.3 is 6.18 Å². The molecule has 0 aliphatic carbocycles. The monoisotopic (exact) mass is 282 g/mol. The fraction of sp³-hybridized carbons (Fsp3) is 0.455. The van der Waals surface area contributed by atoms with Crippen molar-refractivity contribution in [2.75, 3.05) is 12.0 Å². The van der Waals surface area contributed by atoms with Crippen molar-refractivity contribution in [3.63, 3.8) is 0 Å². The second kappa shape index (κ2) is 5.27. The molecule has 7 heteroatoms.